The van der Waals surface area contributed by atoms with Crippen LogP contribution in [0, 0.1) is 0 Å². The van der Waals surface area contributed by atoms with Gasteiger partial charge in [-0.1, -0.05) is 29.3 Å². The van der Waals surface area contributed by atoms with Crippen molar-refractivity contribution in [2.24, 2.45) is 0 Å². The lowest BCUT2D eigenvalue weighted by atomic mass is 10.1. The van der Waals surface area contributed by atoms with E-state index in [9.17, 15) is 9.90 Å². The van der Waals surface area contributed by atoms with E-state index in [0.717, 1.165) is 0 Å². The smallest absolute Gasteiger partial charge is 0.246 e. The first-order valence-electron chi connectivity index (χ1n) is 5.80. The van der Waals surface area contributed by atoms with Gasteiger partial charge in [0.05, 0.1) is 5.60 Å². The highest BCUT2D eigenvalue weighted by atomic mass is 35.5. The quantitative estimate of drug-likeness (QED) is 0.867. The highest BCUT2D eigenvalue weighted by Gasteiger charge is 2.17. The summed E-state index contributed by atoms with van der Waals surface area (Å²) < 4.78 is 0. The first-order valence-corrected chi connectivity index (χ1v) is 6.56. The number of rotatable bonds is 4. The topological polar surface area (TPSA) is 40.5 Å². The number of hydrogen-bond donors (Lipinski definition) is 1. The number of carbonyl (C=O) groups excluding carboxylic acids is 1. The van der Waals surface area contributed by atoms with Crippen LogP contribution in [0.5, 0.6) is 0 Å². The summed E-state index contributed by atoms with van der Waals surface area (Å²) in [4.78, 5) is 13.3. The largest absolute Gasteiger partial charge is 0.389 e. The van der Waals surface area contributed by atoms with E-state index in [1.165, 1.54) is 11.0 Å². The molecule has 3 nitrogen and oxygen atoms in total. The number of carbonyl (C=O) groups is 1. The Labute approximate surface area is 123 Å². The van der Waals surface area contributed by atoms with Gasteiger partial charge in [0.25, 0.3) is 0 Å². The van der Waals surface area contributed by atoms with Gasteiger partial charge in [0.2, 0.25) is 5.91 Å². The fourth-order valence-electron chi connectivity index (χ4n) is 1.61. The molecule has 104 valence electrons. The van der Waals surface area contributed by atoms with Gasteiger partial charge in [0.15, 0.2) is 0 Å². The van der Waals surface area contributed by atoms with E-state index in [1.54, 1.807) is 45.2 Å². The number of hydrogen-bond acceptors (Lipinski definition) is 2. The predicted octanol–water partition coefficient (Wildman–Crippen LogP) is 3.24. The third kappa shape index (κ3) is 5.23. The number of aliphatic hydroxyl groups is 1. The van der Waals surface area contributed by atoms with Crippen molar-refractivity contribution in [3.63, 3.8) is 0 Å². The van der Waals surface area contributed by atoms with Crippen LogP contribution in [0.1, 0.15) is 19.4 Å². The molecule has 1 rings (SSSR count). The molecular weight excluding hydrogens is 285 g/mol. The van der Waals surface area contributed by atoms with Crippen molar-refractivity contribution in [2.75, 3.05) is 13.6 Å². The van der Waals surface area contributed by atoms with Gasteiger partial charge in [0.1, 0.15) is 0 Å². The summed E-state index contributed by atoms with van der Waals surface area (Å²) in [5.74, 6) is -0.224. The van der Waals surface area contributed by atoms with Crippen LogP contribution in [0.15, 0.2) is 24.3 Å². The molecule has 19 heavy (non-hydrogen) atoms. The zero-order valence-corrected chi connectivity index (χ0v) is 12.7. The minimum Gasteiger partial charge on any atom is -0.389 e. The average molecular weight is 302 g/mol. The molecule has 0 fully saturated rings. The molecule has 0 saturated heterocycles. The molecule has 1 aromatic carbocycles. The minimum atomic E-state index is -0.930. The fourth-order valence-corrected chi connectivity index (χ4v) is 2.13. The van der Waals surface area contributed by atoms with Crippen molar-refractivity contribution in [2.45, 2.75) is 19.4 Å². The summed E-state index contributed by atoms with van der Waals surface area (Å²) in [6.07, 6.45) is 2.96. The van der Waals surface area contributed by atoms with Crippen LogP contribution >= 0.6 is 23.2 Å². The standard InChI is InChI=1S/C14H17Cl2NO2/c1-14(2,19)9-17(3)13(18)8-7-10-11(15)5-4-6-12(10)16/h4-8,19H,9H2,1-3H3. The van der Waals surface area contributed by atoms with Crippen LogP contribution in [0.2, 0.25) is 10.0 Å². The molecule has 1 amide bonds. The van der Waals surface area contributed by atoms with Gasteiger partial charge >= 0.3 is 0 Å². The lowest BCUT2D eigenvalue weighted by Crippen LogP contribution is -2.38. The second-order valence-electron chi connectivity index (χ2n) is 4.98. The maximum absolute atomic E-state index is 11.9. The highest BCUT2D eigenvalue weighted by molar-refractivity contribution is 6.37. The number of halogens is 2. The molecule has 0 bridgehead atoms. The van der Waals surface area contributed by atoms with Gasteiger partial charge < -0.3 is 10.0 Å². The zero-order valence-electron chi connectivity index (χ0n) is 11.2. The molecule has 1 N–H and O–H groups in total. The number of likely N-dealkylation sites (N-methyl/N-ethyl adjacent to an activating group) is 1. The van der Waals surface area contributed by atoms with Gasteiger partial charge in [0, 0.05) is 35.3 Å². The van der Waals surface area contributed by atoms with Crippen LogP contribution in [0.3, 0.4) is 0 Å². The van der Waals surface area contributed by atoms with E-state index in [0.29, 0.717) is 15.6 Å². The Morgan fingerprint density at radius 3 is 2.37 bits per heavy atom. The Kier molecular flexibility index (Phi) is 5.41. The lowest BCUT2D eigenvalue weighted by Gasteiger charge is -2.24. The van der Waals surface area contributed by atoms with Gasteiger partial charge in [-0.05, 0) is 32.1 Å². The van der Waals surface area contributed by atoms with Crippen molar-refractivity contribution in [3.05, 3.63) is 39.9 Å². The van der Waals surface area contributed by atoms with E-state index in [-0.39, 0.29) is 12.5 Å². The van der Waals surface area contributed by atoms with Crippen LogP contribution in [-0.2, 0) is 4.79 Å². The first kappa shape index (κ1) is 16.0. The van der Waals surface area contributed by atoms with Gasteiger partial charge in [-0.2, -0.15) is 0 Å². The molecule has 1 aromatic rings. The van der Waals surface area contributed by atoms with Crippen molar-refractivity contribution in [1.29, 1.82) is 0 Å². The van der Waals surface area contributed by atoms with Crippen LogP contribution < -0.4 is 0 Å². The molecule has 0 saturated carbocycles. The van der Waals surface area contributed by atoms with Crippen LogP contribution in [0.25, 0.3) is 6.08 Å². The number of amides is 1. The lowest BCUT2D eigenvalue weighted by molar-refractivity contribution is -0.127. The Balaban J connectivity index is 2.79. The molecule has 5 heteroatoms. The second-order valence-corrected chi connectivity index (χ2v) is 5.79. The zero-order chi connectivity index (χ0) is 14.6. The van der Waals surface area contributed by atoms with Gasteiger partial charge in [-0.3, -0.25) is 4.79 Å². The summed E-state index contributed by atoms with van der Waals surface area (Å²) in [6, 6.07) is 5.15. The van der Waals surface area contributed by atoms with E-state index in [1.807, 2.05) is 0 Å². The molecular formula is C14H17Cl2NO2. The van der Waals surface area contributed by atoms with E-state index >= 15 is 0 Å². The monoisotopic (exact) mass is 301 g/mol. The Hall–Kier alpha value is -1.03. The summed E-state index contributed by atoms with van der Waals surface area (Å²) in [5.41, 5.74) is -0.323. The Bertz CT molecular complexity index is 472. The average Bonchev–Trinajstić information content (AvgIpc) is 2.25. The van der Waals surface area contributed by atoms with E-state index in [2.05, 4.69) is 0 Å². The number of benzene rings is 1. The van der Waals surface area contributed by atoms with Crippen molar-refractivity contribution in [3.8, 4) is 0 Å². The van der Waals surface area contributed by atoms with Crippen molar-refractivity contribution in [1.82, 2.24) is 4.90 Å². The number of nitrogens with zero attached hydrogens (tertiary/aromatic N) is 1. The highest BCUT2D eigenvalue weighted by Crippen LogP contribution is 2.25. The molecule has 0 aliphatic rings. The third-order valence-electron chi connectivity index (χ3n) is 2.39. The Morgan fingerprint density at radius 2 is 1.89 bits per heavy atom. The minimum absolute atomic E-state index is 0.224. The van der Waals surface area contributed by atoms with Crippen molar-refractivity contribution >= 4 is 35.2 Å². The fraction of sp³-hybridized carbons (Fsp3) is 0.357. The van der Waals surface area contributed by atoms with Crippen LogP contribution in [-0.4, -0.2) is 35.1 Å². The van der Waals surface area contributed by atoms with Crippen molar-refractivity contribution < 1.29 is 9.90 Å². The first-order chi connectivity index (χ1) is 8.70. The summed E-state index contributed by atoms with van der Waals surface area (Å²) in [6.45, 7) is 3.53. The van der Waals surface area contributed by atoms with Gasteiger partial charge in [-0.15, -0.1) is 0 Å². The molecule has 0 unspecified atom stereocenters. The molecule has 0 atom stereocenters. The van der Waals surface area contributed by atoms with Gasteiger partial charge in [-0.25, -0.2) is 0 Å². The normalized spacial score (nSPS) is 11.9. The third-order valence-corrected chi connectivity index (χ3v) is 3.05. The maximum atomic E-state index is 11.9. The second kappa shape index (κ2) is 6.42. The molecule has 0 aliphatic carbocycles. The van der Waals surface area contributed by atoms with E-state index < -0.39 is 5.60 Å². The Morgan fingerprint density at radius 1 is 1.37 bits per heavy atom. The SMILES string of the molecule is CN(CC(C)(C)O)C(=O)C=Cc1c(Cl)cccc1Cl. The summed E-state index contributed by atoms with van der Waals surface area (Å²) in [5, 5.41) is 10.6. The summed E-state index contributed by atoms with van der Waals surface area (Å²) >= 11 is 12.0. The molecule has 0 aromatic heterocycles. The maximum Gasteiger partial charge on any atom is 0.246 e. The summed E-state index contributed by atoms with van der Waals surface area (Å²) in [7, 11) is 1.62. The predicted molar refractivity (Wildman–Crippen MR) is 79.4 cm³/mol. The van der Waals surface area contributed by atoms with E-state index in [4.69, 9.17) is 23.2 Å². The van der Waals surface area contributed by atoms with Crippen LogP contribution in [0.4, 0.5) is 0 Å². The molecule has 0 radical (unpaired) electrons. The molecule has 0 aliphatic heterocycles. The molecule has 0 spiro atoms. The molecule has 0 heterocycles.